The molecule has 0 bridgehead atoms. The van der Waals surface area contributed by atoms with Crippen LogP contribution in [0.15, 0.2) is 24.7 Å². The summed E-state index contributed by atoms with van der Waals surface area (Å²) < 4.78 is 1.69. The van der Waals surface area contributed by atoms with Crippen LogP contribution in [0.4, 0.5) is 0 Å². The molecule has 0 aliphatic carbocycles. The van der Waals surface area contributed by atoms with Gasteiger partial charge in [0.2, 0.25) is 0 Å². The molecule has 2 aromatic heterocycles. The van der Waals surface area contributed by atoms with Crippen LogP contribution in [0.3, 0.4) is 0 Å². The van der Waals surface area contributed by atoms with Gasteiger partial charge in [-0.3, -0.25) is 4.79 Å². The van der Waals surface area contributed by atoms with Crippen LogP contribution in [0.1, 0.15) is 26.7 Å². The Morgan fingerprint density at radius 2 is 2.21 bits per heavy atom. The summed E-state index contributed by atoms with van der Waals surface area (Å²) in [4.78, 5) is 26.1. The van der Waals surface area contributed by atoms with Crippen LogP contribution in [0.25, 0.3) is 0 Å². The van der Waals surface area contributed by atoms with Crippen molar-refractivity contribution in [3.63, 3.8) is 0 Å². The van der Waals surface area contributed by atoms with Crippen LogP contribution >= 0.6 is 0 Å². The van der Waals surface area contributed by atoms with E-state index in [9.17, 15) is 9.59 Å². The number of nitrogens with one attached hydrogen (secondary N) is 1. The summed E-state index contributed by atoms with van der Waals surface area (Å²) >= 11 is 0. The fourth-order valence-corrected chi connectivity index (χ4v) is 1.38. The zero-order chi connectivity index (χ0) is 13.8. The maximum Gasteiger partial charge on any atom is 0.354 e. The first-order valence-electron chi connectivity index (χ1n) is 5.38. The summed E-state index contributed by atoms with van der Waals surface area (Å²) in [6.07, 6.45) is 2.75. The normalized spacial score (nSPS) is 10.2. The van der Waals surface area contributed by atoms with Crippen molar-refractivity contribution in [1.29, 1.82) is 0 Å². The lowest BCUT2D eigenvalue weighted by Gasteiger charge is -2.04. The topological polar surface area (TPSA) is 110 Å². The molecule has 0 atom stereocenters. The number of pyridine rings is 1. The van der Waals surface area contributed by atoms with Crippen LogP contribution in [0, 0.1) is 0 Å². The quantitative estimate of drug-likeness (QED) is 0.791. The highest BCUT2D eigenvalue weighted by Gasteiger charge is 2.10. The van der Waals surface area contributed by atoms with E-state index in [0.717, 1.165) is 0 Å². The number of aromatic carboxylic acids is 1. The molecule has 19 heavy (non-hydrogen) atoms. The molecule has 0 aliphatic rings. The van der Waals surface area contributed by atoms with E-state index in [-0.39, 0.29) is 23.7 Å². The summed E-state index contributed by atoms with van der Waals surface area (Å²) in [6, 6.07) is 2.68. The second-order valence-corrected chi connectivity index (χ2v) is 3.78. The highest BCUT2D eigenvalue weighted by Crippen LogP contribution is 2.01. The van der Waals surface area contributed by atoms with E-state index in [1.54, 1.807) is 11.6 Å². The van der Waals surface area contributed by atoms with Gasteiger partial charge in [-0.2, -0.15) is 0 Å². The molecule has 2 heterocycles. The summed E-state index contributed by atoms with van der Waals surface area (Å²) in [5, 5.41) is 18.8. The summed E-state index contributed by atoms with van der Waals surface area (Å²) in [5.41, 5.74) is 0.178. The first kappa shape index (κ1) is 12.7. The summed E-state index contributed by atoms with van der Waals surface area (Å²) in [5.74, 6) is -0.873. The molecule has 0 saturated heterocycles. The first-order chi connectivity index (χ1) is 9.08. The Bertz CT molecular complexity index is 605. The van der Waals surface area contributed by atoms with E-state index in [0.29, 0.717) is 5.82 Å². The Labute approximate surface area is 108 Å². The van der Waals surface area contributed by atoms with Crippen molar-refractivity contribution in [2.75, 3.05) is 0 Å². The number of carbonyl (C=O) groups is 2. The Kier molecular flexibility index (Phi) is 3.51. The Balaban J connectivity index is 2.00. The second kappa shape index (κ2) is 5.25. The van der Waals surface area contributed by atoms with Crippen molar-refractivity contribution in [3.05, 3.63) is 41.7 Å². The zero-order valence-electron chi connectivity index (χ0n) is 10.1. The fraction of sp³-hybridized carbons (Fsp3) is 0.182. The van der Waals surface area contributed by atoms with E-state index < -0.39 is 5.97 Å². The lowest BCUT2D eigenvalue weighted by molar-refractivity contribution is 0.0689. The molecule has 2 aromatic rings. The molecule has 8 heteroatoms. The van der Waals surface area contributed by atoms with Gasteiger partial charge in [0.15, 0.2) is 5.82 Å². The molecule has 0 fully saturated rings. The van der Waals surface area contributed by atoms with Crippen LogP contribution in [-0.2, 0) is 13.6 Å². The average molecular weight is 261 g/mol. The molecule has 0 unspecified atom stereocenters. The van der Waals surface area contributed by atoms with Crippen molar-refractivity contribution in [3.8, 4) is 0 Å². The lowest BCUT2D eigenvalue weighted by atomic mass is 10.2. The van der Waals surface area contributed by atoms with Gasteiger partial charge in [-0.05, 0) is 12.1 Å². The van der Waals surface area contributed by atoms with E-state index in [1.807, 2.05) is 0 Å². The van der Waals surface area contributed by atoms with Crippen LogP contribution in [0.2, 0.25) is 0 Å². The van der Waals surface area contributed by atoms with Crippen molar-refractivity contribution in [2.24, 2.45) is 7.05 Å². The van der Waals surface area contributed by atoms with E-state index in [1.165, 1.54) is 24.7 Å². The number of hydrogen-bond acceptors (Lipinski definition) is 5. The van der Waals surface area contributed by atoms with Gasteiger partial charge in [0.05, 0.1) is 12.1 Å². The second-order valence-electron chi connectivity index (χ2n) is 3.78. The Morgan fingerprint density at radius 1 is 1.42 bits per heavy atom. The molecule has 0 aliphatic heterocycles. The molecule has 0 spiro atoms. The maximum absolute atomic E-state index is 11.8. The lowest BCUT2D eigenvalue weighted by Crippen LogP contribution is -2.24. The van der Waals surface area contributed by atoms with Gasteiger partial charge in [0.25, 0.3) is 5.91 Å². The molecule has 0 aromatic carbocycles. The van der Waals surface area contributed by atoms with Crippen molar-refractivity contribution in [1.82, 2.24) is 25.1 Å². The van der Waals surface area contributed by atoms with Crippen molar-refractivity contribution in [2.45, 2.75) is 6.54 Å². The average Bonchev–Trinajstić information content (AvgIpc) is 2.81. The number of hydrogen-bond donors (Lipinski definition) is 2. The van der Waals surface area contributed by atoms with Crippen LogP contribution < -0.4 is 5.32 Å². The standard InChI is InChI=1S/C11H11N5O3/c1-16-6-14-15-9(16)5-13-10(17)7-2-3-8(11(18)19)12-4-7/h2-4,6H,5H2,1H3,(H,13,17)(H,18,19). The number of amides is 1. The monoisotopic (exact) mass is 261 g/mol. The highest BCUT2D eigenvalue weighted by atomic mass is 16.4. The number of carbonyl (C=O) groups excluding carboxylic acids is 1. The van der Waals surface area contributed by atoms with Gasteiger partial charge in [0, 0.05) is 13.2 Å². The summed E-state index contributed by atoms with van der Waals surface area (Å²) in [7, 11) is 1.77. The predicted molar refractivity (Wildman–Crippen MR) is 63.4 cm³/mol. The molecule has 0 saturated carbocycles. The SMILES string of the molecule is Cn1cnnc1CNC(=O)c1ccc(C(=O)O)nc1. The number of carboxylic acid groups (broad SMARTS) is 1. The minimum absolute atomic E-state index is 0.107. The minimum Gasteiger partial charge on any atom is -0.477 e. The van der Waals surface area contributed by atoms with Crippen LogP contribution in [-0.4, -0.2) is 36.7 Å². The molecular weight excluding hydrogens is 250 g/mol. The van der Waals surface area contributed by atoms with Gasteiger partial charge >= 0.3 is 5.97 Å². The maximum atomic E-state index is 11.8. The van der Waals surface area contributed by atoms with Gasteiger partial charge in [-0.1, -0.05) is 0 Å². The molecule has 98 valence electrons. The molecule has 8 nitrogen and oxygen atoms in total. The predicted octanol–water partition coefficient (Wildman–Crippen LogP) is -0.162. The van der Waals surface area contributed by atoms with Gasteiger partial charge in [0.1, 0.15) is 12.0 Å². The van der Waals surface area contributed by atoms with Gasteiger partial charge in [-0.25, -0.2) is 9.78 Å². The molecule has 0 radical (unpaired) electrons. The minimum atomic E-state index is -1.13. The van der Waals surface area contributed by atoms with E-state index in [2.05, 4.69) is 20.5 Å². The number of nitrogens with zero attached hydrogens (tertiary/aromatic N) is 4. The van der Waals surface area contributed by atoms with Crippen LogP contribution in [0.5, 0.6) is 0 Å². The molecule has 2 rings (SSSR count). The van der Waals surface area contributed by atoms with Gasteiger partial charge < -0.3 is 15.0 Å². The molecule has 1 amide bonds. The molecular formula is C11H11N5O3. The zero-order valence-corrected chi connectivity index (χ0v) is 10.1. The van der Waals surface area contributed by atoms with E-state index in [4.69, 9.17) is 5.11 Å². The highest BCUT2D eigenvalue weighted by molar-refractivity contribution is 5.94. The van der Waals surface area contributed by atoms with Crippen molar-refractivity contribution < 1.29 is 14.7 Å². The largest absolute Gasteiger partial charge is 0.477 e. The smallest absolute Gasteiger partial charge is 0.354 e. The number of carboxylic acids is 1. The number of aryl methyl sites for hydroxylation is 1. The number of rotatable bonds is 4. The van der Waals surface area contributed by atoms with E-state index >= 15 is 0 Å². The summed E-state index contributed by atoms with van der Waals surface area (Å²) in [6.45, 7) is 0.232. The fourth-order valence-electron chi connectivity index (χ4n) is 1.38. The third kappa shape index (κ3) is 2.92. The number of aromatic nitrogens is 4. The van der Waals surface area contributed by atoms with Crippen molar-refractivity contribution >= 4 is 11.9 Å². The third-order valence-electron chi connectivity index (χ3n) is 2.46. The first-order valence-corrected chi connectivity index (χ1v) is 5.38. The Hall–Kier alpha value is -2.77. The van der Waals surface area contributed by atoms with Gasteiger partial charge in [-0.15, -0.1) is 10.2 Å². The third-order valence-corrected chi connectivity index (χ3v) is 2.46. The molecule has 2 N–H and O–H groups in total. The Morgan fingerprint density at radius 3 is 2.74 bits per heavy atom.